The smallest absolute Gasteiger partial charge is 0.313 e. The summed E-state index contributed by atoms with van der Waals surface area (Å²) in [6.45, 7) is 2.20. The van der Waals surface area contributed by atoms with E-state index in [0.29, 0.717) is 43.5 Å². The highest BCUT2D eigenvalue weighted by Gasteiger charge is 2.53. The Kier molecular flexibility index (Phi) is 7.56. The van der Waals surface area contributed by atoms with Crippen LogP contribution in [0.25, 0.3) is 0 Å². The van der Waals surface area contributed by atoms with E-state index in [-0.39, 0.29) is 18.4 Å². The zero-order valence-electron chi connectivity index (χ0n) is 19.5. The number of benzene rings is 2. The van der Waals surface area contributed by atoms with Crippen LogP contribution in [-0.2, 0) is 9.59 Å². The Bertz CT molecular complexity index is 1080. The Morgan fingerprint density at radius 3 is 2.31 bits per heavy atom. The highest BCUT2D eigenvalue weighted by atomic mass is 79.9. The number of carbonyl (C=O) groups is 3. The van der Waals surface area contributed by atoms with Gasteiger partial charge in [-0.3, -0.25) is 9.59 Å². The molecule has 2 fully saturated rings. The van der Waals surface area contributed by atoms with Gasteiger partial charge in [-0.15, -0.1) is 5.01 Å². The second kappa shape index (κ2) is 10.4. The third-order valence-electron chi connectivity index (χ3n) is 6.94. The maximum atomic E-state index is 13.7. The first-order valence-corrected chi connectivity index (χ1v) is 12.5. The number of likely N-dealkylation sites (tertiary alicyclic amines) is 1. The highest BCUT2D eigenvalue weighted by molar-refractivity contribution is 9.10. The van der Waals surface area contributed by atoms with Gasteiger partial charge in [-0.05, 0) is 56.9 Å². The zero-order valence-corrected chi connectivity index (χ0v) is 21.1. The van der Waals surface area contributed by atoms with Gasteiger partial charge in [0, 0.05) is 22.3 Å². The summed E-state index contributed by atoms with van der Waals surface area (Å²) in [7, 11) is 0. The molecule has 0 aliphatic carbocycles. The number of carbonyl (C=O) groups excluding carboxylic acids is 3. The largest absolute Gasteiger partial charge is 0.494 e. The number of rotatable bonds is 6. The summed E-state index contributed by atoms with van der Waals surface area (Å²) in [5.74, 6) is -0.640. The predicted molar refractivity (Wildman–Crippen MR) is 130 cm³/mol. The molecule has 2 aromatic rings. The predicted octanol–water partition coefficient (Wildman–Crippen LogP) is 3.07. The van der Waals surface area contributed by atoms with E-state index in [2.05, 4.69) is 21.2 Å². The van der Waals surface area contributed by atoms with Crippen molar-refractivity contribution in [3.63, 3.8) is 0 Å². The Morgan fingerprint density at radius 2 is 1.66 bits per heavy atom. The van der Waals surface area contributed by atoms with E-state index >= 15 is 0 Å². The molecule has 4 unspecified atom stereocenters. The molecule has 0 bridgehead atoms. The molecule has 0 saturated carbocycles. The van der Waals surface area contributed by atoms with Crippen molar-refractivity contribution in [3.05, 3.63) is 64.6 Å². The summed E-state index contributed by atoms with van der Waals surface area (Å²) < 4.78 is -0.637. The molecule has 4 rings (SSSR count). The van der Waals surface area contributed by atoms with Crippen LogP contribution in [-0.4, -0.2) is 63.0 Å². The lowest BCUT2D eigenvalue weighted by Gasteiger charge is -2.43. The van der Waals surface area contributed by atoms with Crippen molar-refractivity contribution < 1.29 is 29.5 Å². The van der Waals surface area contributed by atoms with Crippen molar-refractivity contribution in [2.75, 3.05) is 18.4 Å². The SMILES string of the molecule is CC(c1ccccc1)[N+](O)(C(=O)[O-])N1CCCC1C(=O)N1CCCC1C(=O)Nc1ccc(Br)cc1. The molecule has 10 heteroatoms. The summed E-state index contributed by atoms with van der Waals surface area (Å²) >= 11 is 3.36. The van der Waals surface area contributed by atoms with Crippen LogP contribution in [0.5, 0.6) is 0 Å². The van der Waals surface area contributed by atoms with Crippen LogP contribution < -0.4 is 10.4 Å². The maximum absolute atomic E-state index is 13.7. The van der Waals surface area contributed by atoms with E-state index < -0.39 is 29.0 Å². The highest BCUT2D eigenvalue weighted by Crippen LogP contribution is 2.35. The van der Waals surface area contributed by atoms with Crippen LogP contribution in [0.1, 0.15) is 44.2 Å². The van der Waals surface area contributed by atoms with E-state index in [0.717, 1.165) is 4.47 Å². The van der Waals surface area contributed by atoms with Gasteiger partial charge in [0.25, 0.3) is 0 Å². The number of carboxylic acid groups (broad SMARTS) is 1. The van der Waals surface area contributed by atoms with Gasteiger partial charge < -0.3 is 20.1 Å². The van der Waals surface area contributed by atoms with Crippen molar-refractivity contribution in [2.24, 2.45) is 0 Å². The molecule has 3 amide bonds. The monoisotopic (exact) mass is 544 g/mol. The maximum Gasteiger partial charge on any atom is 0.313 e. The standard InChI is InChI=1S/C25H29BrN4O5/c1-17(18-7-3-2-4-8-18)30(35,25(33)34)29-16-6-10-22(29)24(32)28-15-5-9-21(28)23(31)27-20-13-11-19(26)12-14-20/h2-4,7-8,11-14,17,21-22,35H,5-6,9-10,15-16H2,1H3,(H-,27,31,33,34). The lowest BCUT2D eigenvalue weighted by Crippen LogP contribution is -2.69. The van der Waals surface area contributed by atoms with Crippen LogP contribution in [0.3, 0.4) is 0 Å². The van der Waals surface area contributed by atoms with Gasteiger partial charge in [0.05, 0.1) is 6.54 Å². The minimum atomic E-state index is -1.70. The van der Waals surface area contributed by atoms with Crippen molar-refractivity contribution in [2.45, 2.75) is 50.7 Å². The molecule has 2 saturated heterocycles. The van der Waals surface area contributed by atoms with Crippen molar-refractivity contribution in [3.8, 4) is 0 Å². The second-order valence-electron chi connectivity index (χ2n) is 9.01. The Morgan fingerprint density at radius 1 is 1.03 bits per heavy atom. The van der Waals surface area contributed by atoms with Crippen LogP contribution in [0, 0.1) is 0 Å². The van der Waals surface area contributed by atoms with Gasteiger partial charge in [0.2, 0.25) is 11.8 Å². The van der Waals surface area contributed by atoms with E-state index in [1.54, 1.807) is 49.4 Å². The number of quaternary nitrogens is 1. The summed E-state index contributed by atoms with van der Waals surface area (Å²) in [5, 5.41) is 27.9. The Hall–Kier alpha value is -2.79. The average molecular weight is 545 g/mol. The third-order valence-corrected chi connectivity index (χ3v) is 7.47. The number of anilines is 1. The molecule has 2 heterocycles. The van der Waals surface area contributed by atoms with Crippen LogP contribution >= 0.6 is 15.9 Å². The average Bonchev–Trinajstić information content (AvgIpc) is 3.55. The Labute approximate surface area is 212 Å². The minimum Gasteiger partial charge on any atom is -0.494 e. The van der Waals surface area contributed by atoms with Gasteiger partial charge >= 0.3 is 6.09 Å². The molecular formula is C25H29BrN4O5. The molecule has 35 heavy (non-hydrogen) atoms. The fourth-order valence-corrected chi connectivity index (χ4v) is 5.31. The van der Waals surface area contributed by atoms with E-state index in [1.165, 1.54) is 9.91 Å². The fourth-order valence-electron chi connectivity index (χ4n) is 5.05. The molecule has 0 radical (unpaired) electrons. The van der Waals surface area contributed by atoms with E-state index in [9.17, 15) is 24.7 Å². The third kappa shape index (κ3) is 4.97. The van der Waals surface area contributed by atoms with E-state index in [4.69, 9.17) is 0 Å². The number of hydrogen-bond donors (Lipinski definition) is 2. The molecule has 9 nitrogen and oxygen atoms in total. The molecule has 186 valence electrons. The molecule has 0 spiro atoms. The number of amides is 3. The fraction of sp³-hybridized carbons (Fsp3) is 0.400. The summed E-state index contributed by atoms with van der Waals surface area (Å²) in [5.41, 5.74) is 1.23. The second-order valence-corrected chi connectivity index (χ2v) is 9.92. The van der Waals surface area contributed by atoms with Gasteiger partial charge in [0.1, 0.15) is 12.1 Å². The molecule has 4 atom stereocenters. The molecule has 2 aliphatic rings. The quantitative estimate of drug-likeness (QED) is 0.328. The Balaban J connectivity index is 1.55. The first-order chi connectivity index (χ1) is 16.7. The first kappa shape index (κ1) is 25.3. The molecule has 0 aromatic heterocycles. The van der Waals surface area contributed by atoms with Crippen LogP contribution in [0.15, 0.2) is 59.1 Å². The molecular weight excluding hydrogens is 516 g/mol. The summed E-state index contributed by atoms with van der Waals surface area (Å²) in [6, 6.07) is 13.5. The van der Waals surface area contributed by atoms with Gasteiger partial charge in [-0.1, -0.05) is 51.0 Å². The van der Waals surface area contributed by atoms with Gasteiger partial charge in [-0.2, -0.15) is 5.21 Å². The zero-order chi connectivity index (χ0) is 25.2. The van der Waals surface area contributed by atoms with Gasteiger partial charge in [-0.25, -0.2) is 0 Å². The lowest BCUT2D eigenvalue weighted by molar-refractivity contribution is -1.16. The van der Waals surface area contributed by atoms with Crippen LogP contribution in [0.4, 0.5) is 10.5 Å². The van der Waals surface area contributed by atoms with Crippen LogP contribution in [0.2, 0.25) is 0 Å². The van der Waals surface area contributed by atoms with Crippen molar-refractivity contribution in [1.82, 2.24) is 9.91 Å². The van der Waals surface area contributed by atoms with Gasteiger partial charge in [0.15, 0.2) is 6.04 Å². The number of hydrogen-bond acceptors (Lipinski definition) is 6. The normalized spacial score (nSPS) is 23.0. The molecule has 2 aromatic carbocycles. The summed E-state index contributed by atoms with van der Waals surface area (Å²) in [4.78, 5) is 40.5. The topological polar surface area (TPSA) is 113 Å². The molecule has 2 aliphatic heterocycles. The lowest BCUT2D eigenvalue weighted by atomic mass is 10.1. The van der Waals surface area contributed by atoms with Crippen molar-refractivity contribution in [1.29, 1.82) is 0 Å². The number of halogens is 1. The first-order valence-electron chi connectivity index (χ1n) is 11.8. The number of nitrogens with one attached hydrogen (secondary N) is 1. The number of nitrogens with zero attached hydrogens (tertiary/aromatic N) is 3. The molecule has 2 N–H and O–H groups in total. The minimum absolute atomic E-state index is 0.210. The van der Waals surface area contributed by atoms with Crippen molar-refractivity contribution >= 4 is 39.5 Å². The summed E-state index contributed by atoms with van der Waals surface area (Å²) in [6.07, 6.45) is 0.394. The van der Waals surface area contributed by atoms with E-state index in [1.807, 2.05) is 12.1 Å². The number of hydroxylamine groups is 2.